The van der Waals surface area contributed by atoms with E-state index in [0.717, 1.165) is 71.3 Å². The number of nitrogens with one attached hydrogen (secondary N) is 3. The van der Waals surface area contributed by atoms with Gasteiger partial charge in [0.25, 0.3) is 0 Å². The van der Waals surface area contributed by atoms with E-state index in [-0.39, 0.29) is 44.1 Å². The van der Waals surface area contributed by atoms with Crippen molar-refractivity contribution in [1.29, 1.82) is 0 Å². The lowest BCUT2D eigenvalue weighted by Gasteiger charge is -2.01. The van der Waals surface area contributed by atoms with Crippen LogP contribution in [0.25, 0.3) is 0 Å². The van der Waals surface area contributed by atoms with Crippen molar-refractivity contribution in [1.82, 2.24) is 16.0 Å². The summed E-state index contributed by atoms with van der Waals surface area (Å²) in [5.41, 5.74) is 0. The van der Waals surface area contributed by atoms with Crippen molar-refractivity contribution in [3.8, 4) is 0 Å². The van der Waals surface area contributed by atoms with Crippen molar-refractivity contribution in [2.75, 3.05) is 46.6 Å². The minimum absolute atomic E-state index is 0. The molecule has 50 heavy (non-hydrogen) atoms. The number of unbranched alkanes of at least 4 members (excludes halogenated alkanes) is 1. The van der Waals surface area contributed by atoms with Gasteiger partial charge in [0.2, 0.25) is 17.7 Å². The van der Waals surface area contributed by atoms with Crippen LogP contribution in [0.3, 0.4) is 0 Å². The van der Waals surface area contributed by atoms with Crippen molar-refractivity contribution < 1.29 is 38.2 Å². The first kappa shape index (κ1) is 72.9. The van der Waals surface area contributed by atoms with Gasteiger partial charge in [-0.15, -0.1) is 0 Å². The molecule has 3 N–H and O–H groups in total. The van der Waals surface area contributed by atoms with E-state index in [9.17, 15) is 28.8 Å². The van der Waals surface area contributed by atoms with Crippen molar-refractivity contribution in [2.45, 2.75) is 176 Å². The van der Waals surface area contributed by atoms with Crippen molar-refractivity contribution in [2.24, 2.45) is 0 Å². The first-order valence-corrected chi connectivity index (χ1v) is 17.9. The van der Waals surface area contributed by atoms with E-state index in [0.29, 0.717) is 31.8 Å². The molecular formula is C39H89N3O8. The zero-order chi connectivity index (χ0) is 39.6. The van der Waals surface area contributed by atoms with Gasteiger partial charge >= 0.3 is 0 Å². The van der Waals surface area contributed by atoms with Crippen molar-refractivity contribution in [3.63, 3.8) is 0 Å². The van der Waals surface area contributed by atoms with E-state index < -0.39 is 0 Å². The molecule has 0 saturated heterocycles. The van der Waals surface area contributed by atoms with Crippen LogP contribution in [-0.2, 0) is 38.2 Å². The first-order valence-electron chi connectivity index (χ1n) is 17.9. The molecule has 0 saturated carbocycles. The second-order valence-electron chi connectivity index (χ2n) is 9.66. The van der Waals surface area contributed by atoms with Gasteiger partial charge in [-0.1, -0.05) is 83.6 Å². The normalized spacial score (nSPS) is 7.92. The summed E-state index contributed by atoms with van der Waals surface area (Å²) < 4.78 is 10.3. The molecule has 0 fully saturated rings. The monoisotopic (exact) mass is 728 g/mol. The van der Waals surface area contributed by atoms with Crippen LogP contribution in [0.1, 0.15) is 176 Å². The third-order valence-electron chi connectivity index (χ3n) is 4.49. The van der Waals surface area contributed by atoms with Crippen LogP contribution in [0.2, 0.25) is 0 Å². The molecule has 0 radical (unpaired) electrons. The van der Waals surface area contributed by atoms with E-state index in [4.69, 9.17) is 9.47 Å². The zero-order valence-electron chi connectivity index (χ0n) is 34.4. The van der Waals surface area contributed by atoms with Gasteiger partial charge in [-0.3, -0.25) is 14.4 Å². The second-order valence-corrected chi connectivity index (χ2v) is 9.66. The molecule has 11 nitrogen and oxygen atoms in total. The highest BCUT2D eigenvalue weighted by molar-refractivity contribution is 5.76. The highest BCUT2D eigenvalue weighted by atomic mass is 16.5. The number of amides is 3. The van der Waals surface area contributed by atoms with Gasteiger partial charge in [0, 0.05) is 80.0 Å². The molecule has 0 atom stereocenters. The standard InChI is InChI=1S/C8H16O2.C7H15NO2.C6H12O.C5H11NO.C4H8O.C3H7NO.2C2H6.2CH4/c1-3-6-10-7-4-5-8(2)9;1-3-5-10-6-4-8-7(2)9;1-3-4-5-6(2)7;1-3-4-6-5(2)7;1-3-4(2)5;1-3(5)4-2;2*1-2;;/h3-7H2,1-2H3;3-6H2,1-2H3,(H,8,9);3-5H2,1-2H3;3-4H2,1-2H3,(H,6,7);3H2,1-2H3;1-2H3,(H,4,5);2*1-2H3;2*1H4. The average molecular weight is 728 g/mol. The van der Waals surface area contributed by atoms with E-state index in [1.807, 2.05) is 41.5 Å². The van der Waals surface area contributed by atoms with Gasteiger partial charge in [-0.25, -0.2) is 0 Å². The van der Waals surface area contributed by atoms with Crippen molar-refractivity contribution in [3.05, 3.63) is 0 Å². The van der Waals surface area contributed by atoms with Gasteiger partial charge in [0.1, 0.15) is 17.3 Å². The average Bonchev–Trinajstić information content (AvgIpc) is 3.05. The quantitative estimate of drug-likeness (QED) is 0.126. The molecule has 0 rings (SSSR count). The summed E-state index contributed by atoms with van der Waals surface area (Å²) >= 11 is 0. The summed E-state index contributed by atoms with van der Waals surface area (Å²) in [6.07, 6.45) is 8.23. The van der Waals surface area contributed by atoms with Crippen LogP contribution >= 0.6 is 0 Å². The fraction of sp³-hybridized carbons (Fsp3) is 0.846. The Morgan fingerprint density at radius 1 is 0.460 bits per heavy atom. The SMILES string of the molecule is C.C.CC.CC.CCC(C)=O.CCCCC(C)=O.CCCNC(C)=O.CCCOCCCC(C)=O.CCCOCCNC(C)=O.CNC(C)=O. The van der Waals surface area contributed by atoms with E-state index in [2.05, 4.69) is 36.7 Å². The Morgan fingerprint density at radius 2 is 0.800 bits per heavy atom. The lowest BCUT2D eigenvalue weighted by Crippen LogP contribution is -2.24. The Balaban J connectivity index is -0.0000000474. The maximum Gasteiger partial charge on any atom is 0.216 e. The molecule has 0 aromatic heterocycles. The predicted octanol–water partition coefficient (Wildman–Crippen LogP) is 8.69. The zero-order valence-corrected chi connectivity index (χ0v) is 34.4. The minimum Gasteiger partial charge on any atom is -0.381 e. The number of carbonyl (C=O) groups is 6. The second kappa shape index (κ2) is 76.3. The fourth-order valence-electron chi connectivity index (χ4n) is 1.94. The Hall–Kier alpha value is -2.66. The Morgan fingerprint density at radius 3 is 1.02 bits per heavy atom. The molecule has 0 bridgehead atoms. The van der Waals surface area contributed by atoms with Gasteiger partial charge in [-0.05, 0) is 52.9 Å². The molecule has 0 spiro atoms. The van der Waals surface area contributed by atoms with Crippen LogP contribution in [0.15, 0.2) is 0 Å². The summed E-state index contributed by atoms with van der Waals surface area (Å²) in [7, 11) is 1.60. The highest BCUT2D eigenvalue weighted by Gasteiger charge is 1.92. The van der Waals surface area contributed by atoms with Crippen molar-refractivity contribution >= 4 is 35.1 Å². The molecule has 0 aromatic rings. The lowest BCUT2D eigenvalue weighted by atomic mass is 10.2. The number of ketones is 3. The number of ether oxygens (including phenoxy) is 2. The summed E-state index contributed by atoms with van der Waals surface area (Å²) in [6, 6.07) is 0. The largest absolute Gasteiger partial charge is 0.381 e. The summed E-state index contributed by atoms with van der Waals surface area (Å²) in [4.78, 5) is 60.5. The van der Waals surface area contributed by atoms with Crippen LogP contribution in [0.5, 0.6) is 0 Å². The molecule has 0 unspecified atom stereocenters. The summed E-state index contributed by atoms with van der Waals surface area (Å²) in [5, 5.41) is 7.69. The lowest BCUT2D eigenvalue weighted by molar-refractivity contribution is -0.119. The summed E-state index contributed by atoms with van der Waals surface area (Å²) in [6.45, 7) is 31.8. The Bertz CT molecular complexity index is 618. The number of hydrogen-bond acceptors (Lipinski definition) is 8. The number of rotatable bonds is 17. The predicted molar refractivity (Wildman–Crippen MR) is 217 cm³/mol. The van der Waals surface area contributed by atoms with Crippen LogP contribution in [0.4, 0.5) is 0 Å². The molecule has 11 heteroatoms. The van der Waals surface area contributed by atoms with Gasteiger partial charge in [0.15, 0.2) is 0 Å². The molecule has 0 aliphatic rings. The molecule has 3 amide bonds. The third kappa shape index (κ3) is 164. The summed E-state index contributed by atoms with van der Waals surface area (Å²) in [5.74, 6) is 0.874. The topological polar surface area (TPSA) is 157 Å². The molecule has 0 aliphatic carbocycles. The van der Waals surface area contributed by atoms with E-state index in [1.54, 1.807) is 27.8 Å². The molecule has 0 heterocycles. The smallest absolute Gasteiger partial charge is 0.216 e. The molecular weight excluding hydrogens is 638 g/mol. The Labute approximate surface area is 312 Å². The van der Waals surface area contributed by atoms with Gasteiger partial charge in [-0.2, -0.15) is 0 Å². The van der Waals surface area contributed by atoms with Crippen LogP contribution < -0.4 is 16.0 Å². The number of hydrogen-bond donors (Lipinski definition) is 3. The minimum atomic E-state index is 0. The Kier molecular flexibility index (Phi) is 111. The van der Waals surface area contributed by atoms with Crippen LogP contribution in [-0.4, -0.2) is 81.6 Å². The number of Topliss-reactive ketones (excluding diaryl/α,β-unsaturated/α-hetero) is 3. The highest BCUT2D eigenvalue weighted by Crippen LogP contribution is 1.93. The van der Waals surface area contributed by atoms with Gasteiger partial charge < -0.3 is 39.8 Å². The van der Waals surface area contributed by atoms with E-state index in [1.165, 1.54) is 20.8 Å². The molecule has 0 aromatic carbocycles. The first-order chi connectivity index (χ1) is 22.6. The van der Waals surface area contributed by atoms with Gasteiger partial charge in [0.05, 0.1) is 6.61 Å². The maximum atomic E-state index is 10.4. The molecule has 308 valence electrons. The van der Waals surface area contributed by atoms with E-state index >= 15 is 0 Å². The maximum absolute atomic E-state index is 10.4. The van der Waals surface area contributed by atoms with Crippen LogP contribution in [0, 0.1) is 0 Å². The number of carbonyl (C=O) groups excluding carboxylic acids is 6. The fourth-order valence-corrected chi connectivity index (χ4v) is 1.94. The third-order valence-corrected chi connectivity index (χ3v) is 4.49. The molecule has 0 aliphatic heterocycles.